The van der Waals surface area contributed by atoms with Crippen molar-refractivity contribution in [3.05, 3.63) is 18.7 Å². The molecule has 0 aliphatic rings. The smallest absolute Gasteiger partial charge is 0.157 e. The van der Waals surface area contributed by atoms with Crippen LogP contribution in [0.25, 0.3) is 0 Å². The molecule has 0 saturated carbocycles. The predicted molar refractivity (Wildman–Crippen MR) is 246 cm³/mol. The van der Waals surface area contributed by atoms with Crippen LogP contribution < -0.4 is 0 Å². The summed E-state index contributed by atoms with van der Waals surface area (Å²) < 4.78 is 14.0. The highest BCUT2D eigenvalue weighted by Crippen LogP contribution is 2.25. The van der Waals surface area contributed by atoms with Gasteiger partial charge in [0.1, 0.15) is 0 Å². The van der Waals surface area contributed by atoms with Gasteiger partial charge in [-0.3, -0.25) is 0 Å². The lowest BCUT2D eigenvalue weighted by atomic mass is 9.93. The summed E-state index contributed by atoms with van der Waals surface area (Å²) in [7, 11) is 0. The van der Waals surface area contributed by atoms with Crippen molar-refractivity contribution in [3.8, 4) is 0 Å². The zero-order chi connectivity index (χ0) is 42.2. The quantitative estimate of drug-likeness (QED) is 0.0445. The summed E-state index contributed by atoms with van der Waals surface area (Å²) in [5, 5.41) is 32.9. The maximum atomic E-state index is 11.0. The number of nitrogens with zero attached hydrogens (tertiary/aromatic N) is 3. The van der Waals surface area contributed by atoms with Crippen molar-refractivity contribution in [2.75, 3.05) is 32.8 Å². The Morgan fingerprint density at radius 3 is 1.24 bits per heavy atom. The molecule has 0 fully saturated rings. The molecule has 5 atom stereocenters. The molecular formula is C50H99N3O5. The Labute approximate surface area is 360 Å². The van der Waals surface area contributed by atoms with Crippen LogP contribution in [0.5, 0.6) is 0 Å². The SMILES string of the molecule is CCCCCCCCC(CCCCCC)C(O)OCCCCCCN(CCCCCCO[C@H](O)C(CCCCCC)CCCCCCCC)CC(O)Cn1ccnc1. The summed E-state index contributed by atoms with van der Waals surface area (Å²) in [5.41, 5.74) is 0. The fourth-order valence-electron chi connectivity index (χ4n) is 8.45. The van der Waals surface area contributed by atoms with E-state index in [-0.39, 0.29) is 11.8 Å². The van der Waals surface area contributed by atoms with Crippen molar-refractivity contribution in [3.63, 3.8) is 0 Å². The highest BCUT2D eigenvalue weighted by Gasteiger charge is 2.21. The second-order valence-electron chi connectivity index (χ2n) is 17.9. The Morgan fingerprint density at radius 2 is 0.845 bits per heavy atom. The molecule has 1 rings (SSSR count). The van der Waals surface area contributed by atoms with Crippen molar-refractivity contribution in [2.45, 2.75) is 258 Å². The second kappa shape index (κ2) is 41.3. The van der Waals surface area contributed by atoms with Gasteiger partial charge >= 0.3 is 0 Å². The van der Waals surface area contributed by atoms with Gasteiger partial charge in [0.05, 0.1) is 19.0 Å². The molecule has 4 unspecified atom stereocenters. The third-order valence-corrected chi connectivity index (χ3v) is 12.3. The maximum Gasteiger partial charge on any atom is 0.157 e. The predicted octanol–water partition coefficient (Wildman–Crippen LogP) is 13.0. The number of unbranched alkanes of at least 4 members (excludes halogenated alkanes) is 22. The van der Waals surface area contributed by atoms with Crippen LogP contribution in [0.4, 0.5) is 0 Å². The van der Waals surface area contributed by atoms with Crippen molar-refractivity contribution in [2.24, 2.45) is 11.8 Å². The number of aliphatic hydroxyl groups excluding tert-OH is 3. The zero-order valence-corrected chi connectivity index (χ0v) is 39.0. The molecule has 58 heavy (non-hydrogen) atoms. The zero-order valence-electron chi connectivity index (χ0n) is 39.0. The topological polar surface area (TPSA) is 100 Å². The van der Waals surface area contributed by atoms with E-state index < -0.39 is 18.7 Å². The van der Waals surface area contributed by atoms with Crippen LogP contribution in [0.2, 0.25) is 0 Å². The third kappa shape index (κ3) is 32.7. The minimum atomic E-state index is -0.631. The minimum Gasteiger partial charge on any atom is -0.390 e. The number of imidazole rings is 1. The van der Waals surface area contributed by atoms with E-state index in [1.54, 1.807) is 12.5 Å². The Bertz CT molecular complexity index is 884. The molecule has 1 aromatic rings. The Morgan fingerprint density at radius 1 is 0.483 bits per heavy atom. The van der Waals surface area contributed by atoms with Crippen LogP contribution in [0.1, 0.15) is 233 Å². The van der Waals surface area contributed by atoms with E-state index in [1.165, 1.54) is 128 Å². The van der Waals surface area contributed by atoms with Crippen LogP contribution in [0, 0.1) is 11.8 Å². The summed E-state index contributed by atoms with van der Waals surface area (Å²) >= 11 is 0. The normalized spacial score (nSPS) is 14.6. The molecule has 344 valence electrons. The molecule has 0 saturated heterocycles. The summed E-state index contributed by atoms with van der Waals surface area (Å²) in [6.45, 7) is 13.5. The number of hydrogen-bond acceptors (Lipinski definition) is 7. The van der Waals surface area contributed by atoms with Crippen molar-refractivity contribution < 1.29 is 24.8 Å². The molecule has 0 radical (unpaired) electrons. The second-order valence-corrected chi connectivity index (χ2v) is 17.9. The van der Waals surface area contributed by atoms with Gasteiger partial charge in [-0.05, 0) is 64.5 Å². The molecule has 8 heteroatoms. The lowest BCUT2D eigenvalue weighted by molar-refractivity contribution is -0.139. The first-order chi connectivity index (χ1) is 28.4. The fourth-order valence-corrected chi connectivity index (χ4v) is 8.45. The van der Waals surface area contributed by atoms with E-state index >= 15 is 0 Å². The van der Waals surface area contributed by atoms with Crippen LogP contribution in [-0.4, -0.2) is 81.3 Å². The van der Waals surface area contributed by atoms with Gasteiger partial charge < -0.3 is 34.3 Å². The molecule has 3 N–H and O–H groups in total. The van der Waals surface area contributed by atoms with Gasteiger partial charge in [0, 0.05) is 44.0 Å². The average molecular weight is 822 g/mol. The molecule has 1 aromatic heterocycles. The van der Waals surface area contributed by atoms with Gasteiger partial charge in [0.15, 0.2) is 12.6 Å². The summed E-state index contributed by atoms with van der Waals surface area (Å²) in [5.74, 6) is 0.531. The summed E-state index contributed by atoms with van der Waals surface area (Å²) in [6, 6.07) is 0. The average Bonchev–Trinajstić information content (AvgIpc) is 3.73. The lowest BCUT2D eigenvalue weighted by Gasteiger charge is -2.25. The Hall–Kier alpha value is -1.03. The number of rotatable bonds is 46. The first-order valence-corrected chi connectivity index (χ1v) is 25.4. The summed E-state index contributed by atoms with van der Waals surface area (Å²) in [6.07, 6.45) is 42.1. The van der Waals surface area contributed by atoms with Crippen LogP contribution in [-0.2, 0) is 16.0 Å². The van der Waals surface area contributed by atoms with E-state index in [2.05, 4.69) is 37.6 Å². The third-order valence-electron chi connectivity index (χ3n) is 12.3. The van der Waals surface area contributed by atoms with Gasteiger partial charge in [0.2, 0.25) is 0 Å². The van der Waals surface area contributed by atoms with Crippen molar-refractivity contribution >= 4 is 0 Å². The molecule has 0 aliphatic carbocycles. The molecule has 8 nitrogen and oxygen atoms in total. The Balaban J connectivity index is 2.43. The van der Waals surface area contributed by atoms with E-state index in [1.807, 2.05) is 10.8 Å². The van der Waals surface area contributed by atoms with E-state index in [0.717, 1.165) is 90.1 Å². The van der Waals surface area contributed by atoms with Crippen LogP contribution in [0.3, 0.4) is 0 Å². The van der Waals surface area contributed by atoms with E-state index in [4.69, 9.17) is 9.47 Å². The molecule has 1 heterocycles. The Kier molecular flexibility index (Phi) is 39.2. The monoisotopic (exact) mass is 822 g/mol. The minimum absolute atomic E-state index is 0.265. The molecular weight excluding hydrogens is 723 g/mol. The highest BCUT2D eigenvalue weighted by atomic mass is 16.6. The van der Waals surface area contributed by atoms with Gasteiger partial charge in [-0.1, -0.05) is 182 Å². The number of hydrogen-bond donors (Lipinski definition) is 3. The van der Waals surface area contributed by atoms with E-state index in [9.17, 15) is 15.3 Å². The molecule has 0 aliphatic heterocycles. The molecule has 0 spiro atoms. The first kappa shape index (κ1) is 55.0. The number of aliphatic hydroxyl groups is 3. The standard InChI is InChI=1S/C50H99N3O5/c1-5-9-13-17-19-27-35-46(33-25-15-11-7-3)49(55)57-41-31-23-21-29-38-52(43-48(54)44-53-40-37-51-45-53)39-30-22-24-32-42-58-50(56)47(34-26-16-12-8-4)36-28-20-18-14-10-6-2/h37,40,45-50,54-56H,5-36,38-39,41-44H2,1-4H3/t46?,47?,48?,49-,50?/m0/s1. The van der Waals surface area contributed by atoms with Crippen molar-refractivity contribution in [1.29, 1.82) is 0 Å². The van der Waals surface area contributed by atoms with Gasteiger partial charge in [-0.2, -0.15) is 0 Å². The largest absolute Gasteiger partial charge is 0.390 e. The van der Waals surface area contributed by atoms with Gasteiger partial charge in [-0.25, -0.2) is 4.98 Å². The number of ether oxygens (including phenoxy) is 2. The lowest BCUT2D eigenvalue weighted by Crippen LogP contribution is -2.36. The first-order valence-electron chi connectivity index (χ1n) is 25.4. The van der Waals surface area contributed by atoms with Gasteiger partial charge in [0.25, 0.3) is 0 Å². The van der Waals surface area contributed by atoms with Crippen LogP contribution >= 0.6 is 0 Å². The molecule has 0 bridgehead atoms. The number of aromatic nitrogens is 2. The summed E-state index contributed by atoms with van der Waals surface area (Å²) in [4.78, 5) is 6.59. The van der Waals surface area contributed by atoms with Crippen molar-refractivity contribution in [1.82, 2.24) is 14.5 Å². The maximum absolute atomic E-state index is 11.0. The molecule has 0 amide bonds. The fraction of sp³-hybridized carbons (Fsp3) is 0.940. The van der Waals surface area contributed by atoms with Crippen LogP contribution in [0.15, 0.2) is 18.7 Å². The van der Waals surface area contributed by atoms with E-state index in [0.29, 0.717) is 26.3 Å². The molecule has 0 aromatic carbocycles. The highest BCUT2D eigenvalue weighted by molar-refractivity contribution is 4.77. The van der Waals surface area contributed by atoms with Gasteiger partial charge in [-0.15, -0.1) is 0 Å².